The van der Waals surface area contributed by atoms with Gasteiger partial charge in [-0.25, -0.2) is 4.98 Å². The fourth-order valence-corrected chi connectivity index (χ4v) is 5.17. The molecule has 2 aromatic heterocycles. The van der Waals surface area contributed by atoms with Crippen molar-refractivity contribution in [3.8, 4) is 11.3 Å². The summed E-state index contributed by atoms with van der Waals surface area (Å²) in [6.45, 7) is 3.97. The first kappa shape index (κ1) is 23.4. The zero-order valence-corrected chi connectivity index (χ0v) is 21.1. The van der Waals surface area contributed by atoms with Crippen LogP contribution in [-0.4, -0.2) is 31.7 Å². The van der Waals surface area contributed by atoms with Crippen LogP contribution in [0.5, 0.6) is 0 Å². The number of para-hydroxylation sites is 1. The van der Waals surface area contributed by atoms with Crippen molar-refractivity contribution >= 4 is 22.4 Å². The Bertz CT molecular complexity index is 1260. The summed E-state index contributed by atoms with van der Waals surface area (Å²) in [4.78, 5) is 7.06. The summed E-state index contributed by atoms with van der Waals surface area (Å²) in [6.07, 6.45) is 4.83. The number of nitrogens with zero attached hydrogens (tertiary/aromatic N) is 2. The largest absolute Gasteiger partial charge is 0.461 e. The second kappa shape index (κ2) is 10.5. The van der Waals surface area contributed by atoms with E-state index < -0.39 is 0 Å². The van der Waals surface area contributed by atoms with Crippen molar-refractivity contribution in [1.82, 2.24) is 10.3 Å². The summed E-state index contributed by atoms with van der Waals surface area (Å²) >= 11 is 0. The molecule has 0 bridgehead atoms. The number of pyridine rings is 1. The van der Waals surface area contributed by atoms with E-state index in [4.69, 9.17) is 9.40 Å². The first-order valence-electron chi connectivity index (χ1n) is 12.8. The van der Waals surface area contributed by atoms with E-state index >= 15 is 0 Å². The third kappa shape index (κ3) is 5.51. The standard InChI is InChI=1S/C30H36N4O/c1-21-24(17-29(35-21)23-9-5-4-6-10-23)20-31-19-22-13-15-25(16-14-22)32-30-18-28(34(2)3)26-11-7-8-12-27(26)33-30/h4-12,17-18,22,25,31H,13-16,19-20H2,1-3H3,(H,32,33). The molecule has 0 radical (unpaired) electrons. The van der Waals surface area contributed by atoms with Gasteiger partial charge in [0.15, 0.2) is 0 Å². The fourth-order valence-electron chi connectivity index (χ4n) is 5.17. The SMILES string of the molecule is Cc1oc(-c2ccccc2)cc1CNCC1CCC(Nc2cc(N(C)C)c3ccccc3n2)CC1. The Morgan fingerprint density at radius 2 is 1.69 bits per heavy atom. The Balaban J connectivity index is 1.12. The molecule has 2 N–H and O–H groups in total. The highest BCUT2D eigenvalue weighted by Crippen LogP contribution is 2.31. The third-order valence-electron chi connectivity index (χ3n) is 7.20. The van der Waals surface area contributed by atoms with Crippen LogP contribution in [-0.2, 0) is 6.54 Å². The highest BCUT2D eigenvalue weighted by molar-refractivity contribution is 5.93. The number of aryl methyl sites for hydroxylation is 1. The summed E-state index contributed by atoms with van der Waals surface area (Å²) in [6, 6.07) is 23.6. The molecule has 0 amide bonds. The normalized spacial score (nSPS) is 18.0. The molecular weight excluding hydrogens is 432 g/mol. The van der Waals surface area contributed by atoms with Gasteiger partial charge in [0.2, 0.25) is 0 Å². The number of furan rings is 1. The zero-order chi connectivity index (χ0) is 24.2. The van der Waals surface area contributed by atoms with E-state index in [2.05, 4.69) is 85.1 Å². The molecule has 1 aliphatic rings. The van der Waals surface area contributed by atoms with Crippen LogP contribution in [0.1, 0.15) is 37.0 Å². The number of fused-ring (bicyclic) bond motifs is 1. The average Bonchev–Trinajstić information content (AvgIpc) is 3.25. The maximum atomic E-state index is 6.01. The van der Waals surface area contributed by atoms with Gasteiger partial charge in [-0.3, -0.25) is 0 Å². The van der Waals surface area contributed by atoms with Crippen molar-refractivity contribution in [2.75, 3.05) is 30.9 Å². The van der Waals surface area contributed by atoms with E-state index in [-0.39, 0.29) is 0 Å². The molecule has 1 aliphatic carbocycles. The van der Waals surface area contributed by atoms with Crippen molar-refractivity contribution in [1.29, 1.82) is 0 Å². The number of hydrogen-bond acceptors (Lipinski definition) is 5. The molecule has 0 atom stereocenters. The molecule has 1 fully saturated rings. The van der Waals surface area contributed by atoms with E-state index in [0.717, 1.165) is 47.4 Å². The molecular formula is C30H36N4O. The molecule has 35 heavy (non-hydrogen) atoms. The van der Waals surface area contributed by atoms with Crippen molar-refractivity contribution in [2.45, 2.75) is 45.2 Å². The molecule has 1 saturated carbocycles. The predicted octanol–water partition coefficient (Wildman–Crippen LogP) is 6.63. The van der Waals surface area contributed by atoms with Gasteiger partial charge < -0.3 is 20.0 Å². The third-order valence-corrected chi connectivity index (χ3v) is 7.20. The molecule has 182 valence electrons. The van der Waals surface area contributed by atoms with Gasteiger partial charge in [0.1, 0.15) is 17.3 Å². The van der Waals surface area contributed by atoms with Crippen LogP contribution in [0.4, 0.5) is 11.5 Å². The highest BCUT2D eigenvalue weighted by atomic mass is 16.3. The van der Waals surface area contributed by atoms with Gasteiger partial charge in [-0.1, -0.05) is 48.5 Å². The number of benzene rings is 2. The minimum atomic E-state index is 0.486. The molecule has 2 heterocycles. The zero-order valence-electron chi connectivity index (χ0n) is 21.1. The molecule has 5 heteroatoms. The molecule has 5 nitrogen and oxygen atoms in total. The molecule has 0 unspecified atom stereocenters. The lowest BCUT2D eigenvalue weighted by molar-refractivity contribution is 0.324. The number of nitrogens with one attached hydrogen (secondary N) is 2. The molecule has 4 aromatic rings. The first-order valence-corrected chi connectivity index (χ1v) is 12.8. The fraction of sp³-hybridized carbons (Fsp3) is 0.367. The second-order valence-corrected chi connectivity index (χ2v) is 9.99. The average molecular weight is 469 g/mol. The van der Waals surface area contributed by atoms with Crippen LogP contribution in [0, 0.1) is 12.8 Å². The van der Waals surface area contributed by atoms with Crippen LogP contribution in [0.2, 0.25) is 0 Å². The van der Waals surface area contributed by atoms with Crippen LogP contribution in [0.15, 0.2) is 71.1 Å². The van der Waals surface area contributed by atoms with Gasteiger partial charge in [-0.2, -0.15) is 0 Å². The molecule has 0 aliphatic heterocycles. The quantitative estimate of drug-likeness (QED) is 0.304. The Labute approximate surface area is 208 Å². The number of aromatic nitrogens is 1. The Morgan fingerprint density at radius 1 is 0.943 bits per heavy atom. The number of hydrogen-bond donors (Lipinski definition) is 2. The number of rotatable bonds is 8. The van der Waals surface area contributed by atoms with Crippen molar-refractivity contribution in [3.63, 3.8) is 0 Å². The van der Waals surface area contributed by atoms with E-state index in [1.54, 1.807) is 0 Å². The van der Waals surface area contributed by atoms with E-state index in [1.165, 1.54) is 42.3 Å². The van der Waals surface area contributed by atoms with E-state index in [1.807, 2.05) is 18.2 Å². The highest BCUT2D eigenvalue weighted by Gasteiger charge is 2.22. The van der Waals surface area contributed by atoms with Gasteiger partial charge in [-0.15, -0.1) is 0 Å². The van der Waals surface area contributed by atoms with Gasteiger partial charge in [0, 0.05) is 54.9 Å². The topological polar surface area (TPSA) is 53.3 Å². The van der Waals surface area contributed by atoms with E-state index in [9.17, 15) is 0 Å². The maximum absolute atomic E-state index is 6.01. The molecule has 0 saturated heterocycles. The van der Waals surface area contributed by atoms with Gasteiger partial charge in [0.25, 0.3) is 0 Å². The molecule has 0 spiro atoms. The van der Waals surface area contributed by atoms with Crippen LogP contribution < -0.4 is 15.5 Å². The van der Waals surface area contributed by atoms with Crippen molar-refractivity contribution < 1.29 is 4.42 Å². The van der Waals surface area contributed by atoms with E-state index in [0.29, 0.717) is 6.04 Å². The molecule has 2 aromatic carbocycles. The summed E-state index contributed by atoms with van der Waals surface area (Å²) in [5.74, 6) is 3.66. The monoisotopic (exact) mass is 468 g/mol. The molecule has 5 rings (SSSR count). The van der Waals surface area contributed by atoms with Crippen molar-refractivity contribution in [3.05, 3.63) is 78.1 Å². The van der Waals surface area contributed by atoms with Gasteiger partial charge in [0.05, 0.1) is 5.52 Å². The Morgan fingerprint density at radius 3 is 2.46 bits per heavy atom. The minimum Gasteiger partial charge on any atom is -0.461 e. The Kier molecular flexibility index (Phi) is 7.05. The van der Waals surface area contributed by atoms with Crippen LogP contribution in [0.3, 0.4) is 0 Å². The van der Waals surface area contributed by atoms with Gasteiger partial charge >= 0.3 is 0 Å². The number of anilines is 2. The second-order valence-electron chi connectivity index (χ2n) is 9.99. The minimum absolute atomic E-state index is 0.486. The maximum Gasteiger partial charge on any atom is 0.134 e. The lowest BCUT2D eigenvalue weighted by atomic mass is 9.86. The van der Waals surface area contributed by atoms with Gasteiger partial charge in [-0.05, 0) is 57.2 Å². The van der Waals surface area contributed by atoms with Crippen LogP contribution >= 0.6 is 0 Å². The predicted molar refractivity (Wildman–Crippen MR) is 146 cm³/mol. The lowest BCUT2D eigenvalue weighted by Crippen LogP contribution is -2.31. The Hall–Kier alpha value is -3.31. The summed E-state index contributed by atoms with van der Waals surface area (Å²) in [5.41, 5.74) is 4.63. The smallest absolute Gasteiger partial charge is 0.134 e. The lowest BCUT2D eigenvalue weighted by Gasteiger charge is -2.30. The summed E-state index contributed by atoms with van der Waals surface area (Å²) in [5, 5.41) is 8.61. The first-order chi connectivity index (χ1) is 17.1. The summed E-state index contributed by atoms with van der Waals surface area (Å²) in [7, 11) is 4.19. The van der Waals surface area contributed by atoms with Crippen LogP contribution in [0.25, 0.3) is 22.2 Å². The van der Waals surface area contributed by atoms with Crippen molar-refractivity contribution in [2.24, 2.45) is 5.92 Å². The summed E-state index contributed by atoms with van der Waals surface area (Å²) < 4.78 is 6.01.